The van der Waals surface area contributed by atoms with Gasteiger partial charge in [-0.05, 0) is 112 Å². The number of carbonyl (C=O) groups is 2. The van der Waals surface area contributed by atoms with Gasteiger partial charge in [0.1, 0.15) is 12.2 Å². The van der Waals surface area contributed by atoms with Gasteiger partial charge in [-0.1, -0.05) is 52.7 Å². The first kappa shape index (κ1) is 30.6. The second-order valence-corrected chi connectivity index (χ2v) is 15.6. The number of aliphatic hydroxyl groups is 1. The van der Waals surface area contributed by atoms with Crippen LogP contribution in [0.1, 0.15) is 133 Å². The summed E-state index contributed by atoms with van der Waals surface area (Å²) in [6.45, 7) is 21.2. The molecule has 4 aliphatic rings. The van der Waals surface area contributed by atoms with E-state index in [0.29, 0.717) is 24.2 Å². The van der Waals surface area contributed by atoms with Crippen LogP contribution in [0.25, 0.3) is 0 Å². The first-order chi connectivity index (χ1) is 17.9. The summed E-state index contributed by atoms with van der Waals surface area (Å²) in [5.74, 6) is 1.19. The first-order valence-electron chi connectivity index (χ1n) is 15.7. The van der Waals surface area contributed by atoms with E-state index in [9.17, 15) is 14.7 Å². The molecule has 2 saturated carbocycles. The van der Waals surface area contributed by atoms with E-state index in [1.807, 2.05) is 0 Å². The molecule has 3 unspecified atom stereocenters. The number of allylic oxidation sites excluding steroid dienone is 2. The molecule has 0 bridgehead atoms. The van der Waals surface area contributed by atoms with Crippen molar-refractivity contribution in [2.24, 2.45) is 39.4 Å². The van der Waals surface area contributed by atoms with E-state index in [0.717, 1.165) is 19.3 Å². The zero-order valence-electron chi connectivity index (χ0n) is 26.5. The van der Waals surface area contributed by atoms with Gasteiger partial charge in [0.2, 0.25) is 0 Å². The van der Waals surface area contributed by atoms with Gasteiger partial charge in [0.25, 0.3) is 0 Å². The summed E-state index contributed by atoms with van der Waals surface area (Å²) in [5, 5.41) is 10.6. The fourth-order valence-corrected chi connectivity index (χ4v) is 10.4. The minimum atomic E-state index is -1.04. The van der Waals surface area contributed by atoms with Crippen molar-refractivity contribution < 1.29 is 24.2 Å². The van der Waals surface area contributed by atoms with Crippen LogP contribution in [0, 0.1) is 39.4 Å². The van der Waals surface area contributed by atoms with Crippen molar-refractivity contribution in [1.29, 1.82) is 0 Å². The molecule has 5 heteroatoms. The Balaban J connectivity index is 1.57. The molecular formula is C34H56O5. The Morgan fingerprint density at radius 1 is 0.923 bits per heavy atom. The zero-order chi connectivity index (χ0) is 29.2. The summed E-state index contributed by atoms with van der Waals surface area (Å²) in [6, 6.07) is 0. The number of hydrogen-bond acceptors (Lipinski definition) is 5. The minimum absolute atomic E-state index is 0.0103. The van der Waals surface area contributed by atoms with E-state index in [1.54, 1.807) is 31.9 Å². The molecule has 5 nitrogen and oxygen atoms in total. The van der Waals surface area contributed by atoms with E-state index >= 15 is 0 Å². The number of esters is 2. The summed E-state index contributed by atoms with van der Waals surface area (Å²) in [5.41, 5.74) is 3.11. The van der Waals surface area contributed by atoms with Crippen LogP contribution in [0.5, 0.6) is 0 Å². The maximum atomic E-state index is 11.9. The second-order valence-electron chi connectivity index (χ2n) is 15.6. The summed E-state index contributed by atoms with van der Waals surface area (Å²) in [4.78, 5) is 23.6. The molecule has 0 amide bonds. The molecule has 0 aromatic rings. The third-order valence-electron chi connectivity index (χ3n) is 12.7. The van der Waals surface area contributed by atoms with E-state index in [1.165, 1.54) is 45.4 Å². The third-order valence-corrected chi connectivity index (χ3v) is 12.7. The van der Waals surface area contributed by atoms with Crippen molar-refractivity contribution in [3.8, 4) is 0 Å². The average Bonchev–Trinajstić information content (AvgIpc) is 3.08. The monoisotopic (exact) mass is 544 g/mol. The predicted molar refractivity (Wildman–Crippen MR) is 155 cm³/mol. The molecule has 0 radical (unpaired) electrons. The molecule has 4 aliphatic carbocycles. The van der Waals surface area contributed by atoms with Gasteiger partial charge in [-0.25, -0.2) is 0 Å². The van der Waals surface area contributed by atoms with Crippen molar-refractivity contribution in [2.45, 2.75) is 151 Å². The molecule has 2 fully saturated rings. The minimum Gasteiger partial charge on any atom is -0.462 e. The Hall–Kier alpha value is -1.36. The van der Waals surface area contributed by atoms with Gasteiger partial charge in [-0.2, -0.15) is 0 Å². The molecule has 1 N–H and O–H groups in total. The Kier molecular flexibility index (Phi) is 7.98. The van der Waals surface area contributed by atoms with Gasteiger partial charge >= 0.3 is 11.9 Å². The number of hydrogen-bond donors (Lipinski definition) is 1. The van der Waals surface area contributed by atoms with Gasteiger partial charge in [-0.15, -0.1) is 0 Å². The predicted octanol–water partition coefficient (Wildman–Crippen LogP) is 7.79. The van der Waals surface area contributed by atoms with Crippen LogP contribution >= 0.6 is 0 Å². The lowest BCUT2D eigenvalue weighted by molar-refractivity contribution is -0.167. The fourth-order valence-electron chi connectivity index (χ4n) is 10.4. The normalized spacial score (nSPS) is 39.2. The number of ether oxygens (including phenoxy) is 2. The SMILES string of the molecule is CC(=O)OC(CC[C@@H](C)C1CC[C@@]2(C)C3=C(CC[C@]12C)[C@@]1(C)CC[C@H](OC(C)=O)C(C)(C)C1CC3)C(C)(C)O. The standard InChI is InChI=1S/C34H56O5/c1-21(11-14-29(31(6,7)37)39-23(3)36)24-15-19-34(10)26-12-13-27-30(4,5)28(38-22(2)35)17-18-32(27,8)25(26)16-20-33(24,34)9/h21,24,27-29,37H,11-20H2,1-10H3/t21-,24?,27?,28+,29?,32-,33-,34+/m1/s1. The van der Waals surface area contributed by atoms with Crippen molar-refractivity contribution in [2.75, 3.05) is 0 Å². The largest absolute Gasteiger partial charge is 0.462 e. The lowest BCUT2D eigenvalue weighted by atomic mass is 9.43. The van der Waals surface area contributed by atoms with Crippen molar-refractivity contribution in [3.05, 3.63) is 11.1 Å². The van der Waals surface area contributed by atoms with Gasteiger partial charge in [-0.3, -0.25) is 9.59 Å². The van der Waals surface area contributed by atoms with Crippen LogP contribution in [0.2, 0.25) is 0 Å². The van der Waals surface area contributed by atoms with Crippen LogP contribution < -0.4 is 0 Å². The van der Waals surface area contributed by atoms with E-state index in [2.05, 4.69) is 41.5 Å². The summed E-state index contributed by atoms with van der Waals surface area (Å²) < 4.78 is 11.4. The molecule has 222 valence electrons. The maximum Gasteiger partial charge on any atom is 0.303 e. The Bertz CT molecular complexity index is 1000. The van der Waals surface area contributed by atoms with Crippen molar-refractivity contribution in [3.63, 3.8) is 0 Å². The number of rotatable bonds is 7. The van der Waals surface area contributed by atoms with Crippen LogP contribution in [0.4, 0.5) is 0 Å². The van der Waals surface area contributed by atoms with Crippen molar-refractivity contribution >= 4 is 11.9 Å². The van der Waals surface area contributed by atoms with Crippen molar-refractivity contribution in [1.82, 2.24) is 0 Å². The van der Waals surface area contributed by atoms with E-state index in [4.69, 9.17) is 9.47 Å². The maximum absolute atomic E-state index is 11.9. The molecular weight excluding hydrogens is 488 g/mol. The quantitative estimate of drug-likeness (QED) is 0.262. The molecule has 4 rings (SSSR count). The summed E-state index contributed by atoms with van der Waals surface area (Å²) in [7, 11) is 0. The summed E-state index contributed by atoms with van der Waals surface area (Å²) in [6.07, 6.45) is 10.5. The van der Waals surface area contributed by atoms with Gasteiger partial charge in [0.05, 0.1) is 5.60 Å². The fraction of sp³-hybridized carbons (Fsp3) is 0.882. The highest BCUT2D eigenvalue weighted by molar-refractivity contribution is 5.66. The molecule has 0 aliphatic heterocycles. The molecule has 0 aromatic heterocycles. The molecule has 39 heavy (non-hydrogen) atoms. The second kappa shape index (κ2) is 10.2. The zero-order valence-corrected chi connectivity index (χ0v) is 26.5. The van der Waals surface area contributed by atoms with Crippen LogP contribution in [0.3, 0.4) is 0 Å². The Labute approximate surface area is 237 Å². The van der Waals surface area contributed by atoms with Crippen LogP contribution in [-0.2, 0) is 19.1 Å². The average molecular weight is 545 g/mol. The Morgan fingerprint density at radius 2 is 1.59 bits per heavy atom. The highest BCUT2D eigenvalue weighted by Gasteiger charge is 2.63. The van der Waals surface area contributed by atoms with E-state index < -0.39 is 11.7 Å². The topological polar surface area (TPSA) is 72.8 Å². The Morgan fingerprint density at radius 3 is 2.18 bits per heavy atom. The van der Waals surface area contributed by atoms with Gasteiger partial charge in [0, 0.05) is 19.3 Å². The first-order valence-corrected chi connectivity index (χ1v) is 15.7. The van der Waals surface area contributed by atoms with E-state index in [-0.39, 0.29) is 39.7 Å². The highest BCUT2D eigenvalue weighted by atomic mass is 16.6. The van der Waals surface area contributed by atoms with Crippen LogP contribution in [-0.4, -0.2) is 34.9 Å². The van der Waals surface area contributed by atoms with Crippen LogP contribution in [0.15, 0.2) is 11.1 Å². The smallest absolute Gasteiger partial charge is 0.303 e. The number of fused-ring (bicyclic) bond motifs is 4. The highest BCUT2D eigenvalue weighted by Crippen LogP contribution is 2.72. The molecule has 8 atom stereocenters. The lowest BCUT2D eigenvalue weighted by Gasteiger charge is -2.62. The third kappa shape index (κ3) is 5.01. The molecule has 0 aromatic carbocycles. The van der Waals surface area contributed by atoms with Gasteiger partial charge in [0.15, 0.2) is 0 Å². The molecule has 0 spiro atoms. The number of carbonyl (C=O) groups excluding carboxylic acids is 2. The summed E-state index contributed by atoms with van der Waals surface area (Å²) >= 11 is 0. The van der Waals surface area contributed by atoms with Gasteiger partial charge < -0.3 is 14.6 Å². The lowest BCUT2D eigenvalue weighted by Crippen LogP contribution is -2.55. The molecule has 0 saturated heterocycles. The molecule has 0 heterocycles.